The third-order valence-electron chi connectivity index (χ3n) is 2.52. The van der Waals surface area contributed by atoms with Gasteiger partial charge in [-0.15, -0.1) is 0 Å². The van der Waals surface area contributed by atoms with Gasteiger partial charge in [0.1, 0.15) is 0 Å². The maximum Gasteiger partial charge on any atom is 0.210 e. The molecule has 0 aliphatic carbocycles. The first kappa shape index (κ1) is 13.9. The maximum atomic E-state index is 11.0. The van der Waals surface area contributed by atoms with Crippen LogP contribution in [0.5, 0.6) is 0 Å². The van der Waals surface area contributed by atoms with Gasteiger partial charge in [0, 0.05) is 32.0 Å². The van der Waals surface area contributed by atoms with Crippen molar-refractivity contribution in [3.8, 4) is 0 Å². The topological polar surface area (TPSA) is 60.3 Å². The van der Waals surface area contributed by atoms with Gasteiger partial charge >= 0.3 is 0 Å². The van der Waals surface area contributed by atoms with Crippen LogP contribution in [0.4, 0.5) is 0 Å². The van der Waals surface area contributed by atoms with Gasteiger partial charge in [-0.2, -0.15) is 0 Å². The predicted molar refractivity (Wildman–Crippen MR) is 71.0 cm³/mol. The Morgan fingerprint density at radius 3 is 2.83 bits per heavy atom. The minimum Gasteiger partial charge on any atom is -0.341 e. The van der Waals surface area contributed by atoms with Crippen molar-refractivity contribution in [1.29, 1.82) is 5.41 Å². The molecule has 0 unspecified atom stereocenters. The zero-order valence-corrected chi connectivity index (χ0v) is 10.3. The lowest BCUT2D eigenvalue weighted by Crippen LogP contribution is -2.26. The Morgan fingerprint density at radius 2 is 2.28 bits per heavy atom. The third kappa shape index (κ3) is 4.78. The van der Waals surface area contributed by atoms with Gasteiger partial charge in [-0.05, 0) is 24.3 Å². The molecule has 0 atom stereocenters. The zero-order valence-electron chi connectivity index (χ0n) is 10.3. The summed E-state index contributed by atoms with van der Waals surface area (Å²) in [7, 11) is 0. The second-order valence-corrected chi connectivity index (χ2v) is 3.84. The fourth-order valence-corrected chi connectivity index (χ4v) is 1.56. The minimum atomic E-state index is 0.565. The molecule has 1 rings (SSSR count). The Bertz CT molecular complexity index is 372. The first-order valence-electron chi connectivity index (χ1n) is 5.77. The summed E-state index contributed by atoms with van der Waals surface area (Å²) in [5.41, 5.74) is 1.01. The standard InChI is InChI=1S/C13H18N4O/c1-2-16(11-14)7-4-8-17(12-18)10-13-5-3-6-15-9-13/h2-3,5-6,9,11-12,14H,1,4,7-8,10H2. The lowest BCUT2D eigenvalue weighted by atomic mass is 10.2. The van der Waals surface area contributed by atoms with Gasteiger partial charge in [0.05, 0.1) is 6.34 Å². The van der Waals surface area contributed by atoms with Gasteiger partial charge in [0.2, 0.25) is 6.41 Å². The normalized spacial score (nSPS) is 9.56. The zero-order chi connectivity index (χ0) is 13.2. The first-order chi connectivity index (χ1) is 8.80. The second kappa shape index (κ2) is 8.00. The van der Waals surface area contributed by atoms with Gasteiger partial charge in [-0.3, -0.25) is 15.2 Å². The molecule has 0 aliphatic rings. The number of nitrogens with zero attached hydrogens (tertiary/aromatic N) is 3. The Labute approximate surface area is 107 Å². The number of rotatable bonds is 9. The highest BCUT2D eigenvalue weighted by Gasteiger charge is 2.03. The van der Waals surface area contributed by atoms with Gasteiger partial charge in [-0.25, -0.2) is 0 Å². The van der Waals surface area contributed by atoms with Crippen LogP contribution in [0.2, 0.25) is 0 Å². The summed E-state index contributed by atoms with van der Waals surface area (Å²) in [5, 5.41) is 7.11. The molecule has 0 aromatic carbocycles. The van der Waals surface area contributed by atoms with Crippen molar-refractivity contribution in [1.82, 2.24) is 14.8 Å². The van der Waals surface area contributed by atoms with Crippen LogP contribution in [0.3, 0.4) is 0 Å². The largest absolute Gasteiger partial charge is 0.341 e. The summed E-state index contributed by atoms with van der Waals surface area (Å²) in [5.74, 6) is 0. The van der Waals surface area contributed by atoms with E-state index in [-0.39, 0.29) is 0 Å². The molecule has 96 valence electrons. The van der Waals surface area contributed by atoms with Crippen LogP contribution >= 0.6 is 0 Å². The van der Waals surface area contributed by atoms with Gasteiger partial charge in [0.15, 0.2) is 0 Å². The van der Waals surface area contributed by atoms with E-state index < -0.39 is 0 Å². The first-order valence-corrected chi connectivity index (χ1v) is 5.77. The van der Waals surface area contributed by atoms with Crippen molar-refractivity contribution in [2.75, 3.05) is 13.1 Å². The summed E-state index contributed by atoms with van der Waals surface area (Å²) >= 11 is 0. The molecule has 5 nitrogen and oxygen atoms in total. The van der Waals surface area contributed by atoms with Crippen LogP contribution in [0.25, 0.3) is 0 Å². The SMILES string of the molecule is C=CN(C=N)CCCN(C=O)Cc1cccnc1. The van der Waals surface area contributed by atoms with Crippen LogP contribution in [-0.4, -0.2) is 40.6 Å². The molecule has 0 aliphatic heterocycles. The van der Waals surface area contributed by atoms with E-state index in [1.807, 2.05) is 12.1 Å². The molecule has 1 N–H and O–H groups in total. The van der Waals surface area contributed by atoms with Crippen LogP contribution < -0.4 is 0 Å². The van der Waals surface area contributed by atoms with Gasteiger partial charge in [-0.1, -0.05) is 12.6 Å². The van der Waals surface area contributed by atoms with E-state index in [2.05, 4.69) is 11.6 Å². The van der Waals surface area contributed by atoms with E-state index in [0.717, 1.165) is 18.4 Å². The van der Waals surface area contributed by atoms with Crippen LogP contribution in [0, 0.1) is 5.41 Å². The Morgan fingerprint density at radius 1 is 1.44 bits per heavy atom. The molecule has 0 fully saturated rings. The molecule has 0 radical (unpaired) electrons. The highest BCUT2D eigenvalue weighted by atomic mass is 16.1. The average Bonchev–Trinajstić information content (AvgIpc) is 2.43. The van der Waals surface area contributed by atoms with E-state index in [1.165, 1.54) is 6.34 Å². The maximum absolute atomic E-state index is 11.0. The van der Waals surface area contributed by atoms with Crippen molar-refractivity contribution in [2.45, 2.75) is 13.0 Å². The van der Waals surface area contributed by atoms with Crippen LogP contribution in [-0.2, 0) is 11.3 Å². The van der Waals surface area contributed by atoms with Crippen LogP contribution in [0.1, 0.15) is 12.0 Å². The number of carbonyl (C=O) groups excluding carboxylic acids is 1. The highest BCUT2D eigenvalue weighted by Crippen LogP contribution is 2.02. The molecule has 1 amide bonds. The van der Waals surface area contributed by atoms with Crippen molar-refractivity contribution >= 4 is 12.7 Å². The third-order valence-corrected chi connectivity index (χ3v) is 2.52. The predicted octanol–water partition coefficient (Wildman–Crippen LogP) is 1.48. The van der Waals surface area contributed by atoms with E-state index >= 15 is 0 Å². The van der Waals surface area contributed by atoms with Gasteiger partial charge in [0.25, 0.3) is 0 Å². The number of aromatic nitrogens is 1. The molecular weight excluding hydrogens is 228 g/mol. The van der Waals surface area contributed by atoms with E-state index in [4.69, 9.17) is 5.41 Å². The van der Waals surface area contributed by atoms with Crippen molar-refractivity contribution in [3.05, 3.63) is 42.9 Å². The van der Waals surface area contributed by atoms with Crippen LogP contribution in [0.15, 0.2) is 37.3 Å². The highest BCUT2D eigenvalue weighted by molar-refractivity contribution is 5.52. The van der Waals surface area contributed by atoms with Gasteiger partial charge < -0.3 is 9.80 Å². The van der Waals surface area contributed by atoms with E-state index in [0.29, 0.717) is 19.6 Å². The number of hydrogen-bond donors (Lipinski definition) is 1. The summed E-state index contributed by atoms with van der Waals surface area (Å²) in [6.07, 6.45) is 7.92. The summed E-state index contributed by atoms with van der Waals surface area (Å²) in [4.78, 5) is 18.3. The molecule has 0 saturated carbocycles. The van der Waals surface area contributed by atoms with E-state index in [1.54, 1.807) is 28.4 Å². The lowest BCUT2D eigenvalue weighted by Gasteiger charge is -2.19. The Balaban J connectivity index is 2.36. The fraction of sp³-hybridized carbons (Fsp3) is 0.308. The number of nitrogens with one attached hydrogen (secondary N) is 1. The lowest BCUT2D eigenvalue weighted by molar-refractivity contribution is -0.118. The molecule has 5 heteroatoms. The summed E-state index contributed by atoms with van der Waals surface area (Å²) in [6, 6.07) is 3.80. The van der Waals surface area contributed by atoms with Crippen molar-refractivity contribution < 1.29 is 4.79 Å². The summed E-state index contributed by atoms with van der Waals surface area (Å²) < 4.78 is 0. The van der Waals surface area contributed by atoms with Crippen molar-refractivity contribution in [3.63, 3.8) is 0 Å². The molecule has 1 aromatic rings. The molecule has 1 aromatic heterocycles. The Hall–Kier alpha value is -2.17. The average molecular weight is 246 g/mol. The second-order valence-electron chi connectivity index (χ2n) is 3.84. The number of pyridine rings is 1. The van der Waals surface area contributed by atoms with Crippen molar-refractivity contribution in [2.24, 2.45) is 0 Å². The minimum absolute atomic E-state index is 0.565. The number of amides is 1. The molecule has 18 heavy (non-hydrogen) atoms. The smallest absolute Gasteiger partial charge is 0.210 e. The van der Waals surface area contributed by atoms with E-state index in [9.17, 15) is 4.79 Å². The monoisotopic (exact) mass is 246 g/mol. The number of hydrogen-bond acceptors (Lipinski definition) is 3. The number of carbonyl (C=O) groups is 1. The fourth-order valence-electron chi connectivity index (χ4n) is 1.56. The molecule has 0 saturated heterocycles. The Kier molecular flexibility index (Phi) is 6.17. The molecule has 0 spiro atoms. The molecular formula is C13H18N4O. The summed E-state index contributed by atoms with van der Waals surface area (Å²) in [6.45, 7) is 5.50. The molecule has 0 bridgehead atoms. The quantitative estimate of drug-likeness (QED) is 0.408. The molecule has 1 heterocycles.